The first-order valence-corrected chi connectivity index (χ1v) is 4.44. The second kappa shape index (κ2) is 4.77. The van der Waals surface area contributed by atoms with Gasteiger partial charge in [0.25, 0.3) is 0 Å². The maximum Gasteiger partial charge on any atom is 0.0824 e. The predicted molar refractivity (Wildman–Crippen MR) is 46.9 cm³/mol. The molecule has 0 saturated carbocycles. The Hall–Kier alpha value is -0.160. The number of nitrogens with zero attached hydrogens (tertiary/aromatic N) is 1. The number of nitrogens with two attached hydrogens (primary N) is 1. The molecule has 3 N–H and O–H groups in total. The van der Waals surface area contributed by atoms with Gasteiger partial charge in [0, 0.05) is 26.2 Å². The molecular formula is C8H18N2O2. The van der Waals surface area contributed by atoms with Crippen LogP contribution in [0.1, 0.15) is 6.92 Å². The Labute approximate surface area is 73.3 Å². The summed E-state index contributed by atoms with van der Waals surface area (Å²) in [6.07, 6.45) is -0.112. The van der Waals surface area contributed by atoms with Crippen LogP contribution in [0.15, 0.2) is 0 Å². The summed E-state index contributed by atoms with van der Waals surface area (Å²) >= 11 is 0. The van der Waals surface area contributed by atoms with Crippen LogP contribution in [-0.4, -0.2) is 55.0 Å². The van der Waals surface area contributed by atoms with E-state index in [2.05, 4.69) is 4.90 Å². The highest BCUT2D eigenvalue weighted by atomic mass is 16.5. The number of hydrogen-bond donors (Lipinski definition) is 2. The monoisotopic (exact) mass is 174 g/mol. The number of ether oxygens (including phenoxy) is 1. The van der Waals surface area contributed by atoms with Gasteiger partial charge in [0.15, 0.2) is 0 Å². The Kier molecular flexibility index (Phi) is 3.94. The van der Waals surface area contributed by atoms with Crippen LogP contribution < -0.4 is 5.73 Å². The van der Waals surface area contributed by atoms with Crippen LogP contribution >= 0.6 is 0 Å². The summed E-state index contributed by atoms with van der Waals surface area (Å²) in [6.45, 7) is 5.57. The summed E-state index contributed by atoms with van der Waals surface area (Å²) in [5.41, 5.74) is 5.48. The lowest BCUT2D eigenvalue weighted by Crippen LogP contribution is -2.47. The zero-order chi connectivity index (χ0) is 8.97. The first-order chi connectivity index (χ1) is 5.72. The fraction of sp³-hybridized carbons (Fsp3) is 1.00. The second-order valence-electron chi connectivity index (χ2n) is 3.34. The standard InChI is InChI=1S/C8H18N2O2/c1-7(11)5-10-2-3-12-8(4-9)6-10/h7-8,11H,2-6,9H2,1H3/t7-,8?/m1/s1. The zero-order valence-electron chi connectivity index (χ0n) is 7.57. The van der Waals surface area contributed by atoms with Gasteiger partial charge in [-0.15, -0.1) is 0 Å². The highest BCUT2D eigenvalue weighted by molar-refractivity contribution is 4.72. The molecule has 0 bridgehead atoms. The van der Waals surface area contributed by atoms with Crippen molar-refractivity contribution >= 4 is 0 Å². The molecule has 1 saturated heterocycles. The molecule has 0 aromatic rings. The van der Waals surface area contributed by atoms with Gasteiger partial charge >= 0.3 is 0 Å². The Balaban J connectivity index is 2.25. The minimum atomic E-state index is -0.262. The van der Waals surface area contributed by atoms with Gasteiger partial charge in [0.2, 0.25) is 0 Å². The molecule has 0 spiro atoms. The highest BCUT2D eigenvalue weighted by Crippen LogP contribution is 2.04. The van der Waals surface area contributed by atoms with Crippen molar-refractivity contribution in [2.24, 2.45) is 5.73 Å². The summed E-state index contributed by atoms with van der Waals surface area (Å²) in [7, 11) is 0. The lowest BCUT2D eigenvalue weighted by Gasteiger charge is -2.32. The highest BCUT2D eigenvalue weighted by Gasteiger charge is 2.19. The molecule has 1 aliphatic rings. The van der Waals surface area contributed by atoms with Gasteiger partial charge in [0.05, 0.1) is 18.8 Å². The summed E-state index contributed by atoms with van der Waals surface area (Å²) in [5, 5.41) is 9.15. The maximum absolute atomic E-state index is 9.15. The minimum absolute atomic E-state index is 0.150. The van der Waals surface area contributed by atoms with E-state index < -0.39 is 0 Å². The number of rotatable bonds is 3. The molecule has 0 aliphatic carbocycles. The van der Waals surface area contributed by atoms with E-state index in [1.165, 1.54) is 0 Å². The molecule has 4 nitrogen and oxygen atoms in total. The molecule has 1 heterocycles. The van der Waals surface area contributed by atoms with Crippen LogP contribution in [0.5, 0.6) is 0 Å². The van der Waals surface area contributed by atoms with Crippen LogP contribution in [-0.2, 0) is 4.74 Å². The molecular weight excluding hydrogens is 156 g/mol. The number of hydrogen-bond acceptors (Lipinski definition) is 4. The molecule has 0 aromatic heterocycles. The van der Waals surface area contributed by atoms with E-state index in [9.17, 15) is 0 Å². The van der Waals surface area contributed by atoms with Crippen LogP contribution in [0, 0.1) is 0 Å². The van der Waals surface area contributed by atoms with Gasteiger partial charge in [0.1, 0.15) is 0 Å². The van der Waals surface area contributed by atoms with Crippen molar-refractivity contribution < 1.29 is 9.84 Å². The van der Waals surface area contributed by atoms with Crippen LogP contribution in [0.4, 0.5) is 0 Å². The van der Waals surface area contributed by atoms with Crippen molar-refractivity contribution in [3.63, 3.8) is 0 Å². The van der Waals surface area contributed by atoms with E-state index in [0.717, 1.165) is 26.2 Å². The topological polar surface area (TPSA) is 58.7 Å². The van der Waals surface area contributed by atoms with Gasteiger partial charge in [-0.2, -0.15) is 0 Å². The predicted octanol–water partition coefficient (Wildman–Crippen LogP) is -0.973. The zero-order valence-corrected chi connectivity index (χ0v) is 7.57. The van der Waals surface area contributed by atoms with E-state index in [1.807, 2.05) is 0 Å². The van der Waals surface area contributed by atoms with Gasteiger partial charge in [-0.1, -0.05) is 0 Å². The average molecular weight is 174 g/mol. The van der Waals surface area contributed by atoms with E-state index in [0.29, 0.717) is 6.54 Å². The van der Waals surface area contributed by atoms with Crippen molar-refractivity contribution in [3.8, 4) is 0 Å². The van der Waals surface area contributed by atoms with E-state index in [4.69, 9.17) is 15.6 Å². The Morgan fingerprint density at radius 2 is 2.50 bits per heavy atom. The molecule has 0 amide bonds. The molecule has 12 heavy (non-hydrogen) atoms. The summed E-state index contributed by atoms with van der Waals surface area (Å²) in [5.74, 6) is 0. The Morgan fingerprint density at radius 1 is 1.75 bits per heavy atom. The van der Waals surface area contributed by atoms with Crippen LogP contribution in [0.25, 0.3) is 0 Å². The molecule has 0 aromatic carbocycles. The van der Waals surface area contributed by atoms with Crippen molar-refractivity contribution in [2.45, 2.75) is 19.1 Å². The molecule has 1 aliphatic heterocycles. The van der Waals surface area contributed by atoms with Crippen molar-refractivity contribution in [2.75, 3.05) is 32.8 Å². The first kappa shape index (κ1) is 9.92. The van der Waals surface area contributed by atoms with Crippen LogP contribution in [0.2, 0.25) is 0 Å². The largest absolute Gasteiger partial charge is 0.392 e. The SMILES string of the molecule is C[C@@H](O)CN1CCOC(CN)C1. The third-order valence-corrected chi connectivity index (χ3v) is 2.01. The number of β-amino-alcohol motifs (C(OH)–C–C–N with tert-alkyl or cyclic N) is 1. The fourth-order valence-corrected chi connectivity index (χ4v) is 1.46. The van der Waals surface area contributed by atoms with E-state index in [1.54, 1.807) is 6.92 Å². The minimum Gasteiger partial charge on any atom is -0.392 e. The Bertz CT molecular complexity index is 130. The quantitative estimate of drug-likeness (QED) is 0.578. The number of aliphatic hydroxyl groups excluding tert-OH is 1. The summed E-state index contributed by atoms with van der Waals surface area (Å²) in [6, 6.07) is 0. The third-order valence-electron chi connectivity index (χ3n) is 2.01. The number of aliphatic hydroxyl groups is 1. The second-order valence-corrected chi connectivity index (χ2v) is 3.34. The molecule has 2 atom stereocenters. The van der Waals surface area contributed by atoms with Gasteiger partial charge in [-0.3, -0.25) is 4.90 Å². The van der Waals surface area contributed by atoms with Crippen molar-refractivity contribution in [1.82, 2.24) is 4.90 Å². The lowest BCUT2D eigenvalue weighted by molar-refractivity contribution is -0.0340. The van der Waals surface area contributed by atoms with Crippen molar-refractivity contribution in [3.05, 3.63) is 0 Å². The Morgan fingerprint density at radius 3 is 3.08 bits per heavy atom. The maximum atomic E-state index is 9.15. The smallest absolute Gasteiger partial charge is 0.0824 e. The van der Waals surface area contributed by atoms with Gasteiger partial charge in [-0.25, -0.2) is 0 Å². The molecule has 72 valence electrons. The first-order valence-electron chi connectivity index (χ1n) is 4.44. The van der Waals surface area contributed by atoms with Crippen LogP contribution in [0.3, 0.4) is 0 Å². The third kappa shape index (κ3) is 3.06. The molecule has 1 rings (SSSR count). The average Bonchev–Trinajstić information content (AvgIpc) is 2.03. The fourth-order valence-electron chi connectivity index (χ4n) is 1.46. The van der Waals surface area contributed by atoms with E-state index >= 15 is 0 Å². The summed E-state index contributed by atoms with van der Waals surface area (Å²) < 4.78 is 5.39. The van der Waals surface area contributed by atoms with Gasteiger partial charge < -0.3 is 15.6 Å². The van der Waals surface area contributed by atoms with Crippen molar-refractivity contribution in [1.29, 1.82) is 0 Å². The van der Waals surface area contributed by atoms with E-state index in [-0.39, 0.29) is 12.2 Å². The molecule has 0 radical (unpaired) electrons. The lowest BCUT2D eigenvalue weighted by atomic mass is 10.2. The summed E-state index contributed by atoms with van der Waals surface area (Å²) in [4.78, 5) is 2.19. The van der Waals surface area contributed by atoms with Gasteiger partial charge in [-0.05, 0) is 6.92 Å². The molecule has 1 fully saturated rings. The molecule has 4 heteroatoms. The normalized spacial score (nSPS) is 28.8. The molecule has 1 unspecified atom stereocenters. The number of morpholine rings is 1.